The molecular weight excluding hydrogens is 534 g/mol. The molecule has 0 bridgehead atoms. The fourth-order valence-corrected chi connectivity index (χ4v) is 4.10. The van der Waals surface area contributed by atoms with E-state index in [1.54, 1.807) is 48.7 Å². The van der Waals surface area contributed by atoms with Gasteiger partial charge in [0.25, 0.3) is 5.56 Å². The van der Waals surface area contributed by atoms with Crippen molar-refractivity contribution in [2.75, 3.05) is 0 Å². The van der Waals surface area contributed by atoms with E-state index in [1.807, 2.05) is 19.1 Å². The molecule has 1 heterocycles. The maximum Gasteiger partial charge on any atom is 0.335 e. The molecule has 178 valence electrons. The van der Waals surface area contributed by atoms with Crippen molar-refractivity contribution in [3.63, 3.8) is 0 Å². The van der Waals surface area contributed by atoms with Crippen LogP contribution in [0.2, 0.25) is 5.02 Å². The Morgan fingerprint density at radius 2 is 2.03 bits per heavy atom. The van der Waals surface area contributed by atoms with Gasteiger partial charge in [-0.1, -0.05) is 46.6 Å². The number of benzene rings is 3. The van der Waals surface area contributed by atoms with E-state index in [0.717, 1.165) is 10.9 Å². The summed E-state index contributed by atoms with van der Waals surface area (Å²) in [5.41, 5.74) is 1.97. The minimum Gasteiger partial charge on any atom is -0.487 e. The molecule has 0 aliphatic rings. The van der Waals surface area contributed by atoms with Crippen LogP contribution in [-0.2, 0) is 13.0 Å². The summed E-state index contributed by atoms with van der Waals surface area (Å²) in [5.74, 6) is 0.0350. The number of ether oxygens (including phenoxy) is 1. The van der Waals surface area contributed by atoms with Gasteiger partial charge in [0.05, 0.1) is 27.7 Å². The Bertz CT molecular complexity index is 1500. The third kappa shape index (κ3) is 5.78. The molecule has 0 saturated heterocycles. The fourth-order valence-electron chi connectivity index (χ4n) is 3.49. The molecule has 0 fully saturated rings. The van der Waals surface area contributed by atoms with Crippen LogP contribution in [0.25, 0.3) is 10.9 Å². The average Bonchev–Trinajstić information content (AvgIpc) is 2.84. The van der Waals surface area contributed by atoms with Crippen molar-refractivity contribution in [3.8, 4) is 5.75 Å². The molecule has 4 aromatic rings. The Labute approximate surface area is 214 Å². The maximum atomic E-state index is 13.1. The number of hydrogen-bond donors (Lipinski definition) is 1. The predicted molar refractivity (Wildman–Crippen MR) is 140 cm³/mol. The Morgan fingerprint density at radius 3 is 2.77 bits per heavy atom. The van der Waals surface area contributed by atoms with Crippen LogP contribution in [-0.4, -0.2) is 27.0 Å². The molecule has 3 aromatic carbocycles. The van der Waals surface area contributed by atoms with E-state index < -0.39 is 5.97 Å². The van der Waals surface area contributed by atoms with Crippen LogP contribution in [0.3, 0.4) is 0 Å². The molecule has 1 N–H and O–H groups in total. The summed E-state index contributed by atoms with van der Waals surface area (Å²) in [6.07, 6.45) is 2.98. The zero-order valence-corrected chi connectivity index (χ0v) is 21.1. The Balaban J connectivity index is 1.57. The number of carbonyl (C=O) groups is 1. The van der Waals surface area contributed by atoms with E-state index in [2.05, 4.69) is 26.0 Å². The number of fused-ring (bicyclic) bond motifs is 1. The Kier molecular flexibility index (Phi) is 7.63. The first-order valence-electron chi connectivity index (χ1n) is 10.9. The molecule has 0 unspecified atom stereocenters. The SMILES string of the molecule is CCCc1nc2ccc(Br)cc2c(=O)n1N=Cc1ccc(OCc2cccc(C(=O)O)c2)c(Cl)c1. The van der Waals surface area contributed by atoms with Crippen molar-refractivity contribution >= 4 is 50.6 Å². The molecule has 7 nitrogen and oxygen atoms in total. The van der Waals surface area contributed by atoms with Crippen LogP contribution in [0.1, 0.15) is 40.7 Å². The molecule has 0 atom stereocenters. The second kappa shape index (κ2) is 10.8. The largest absolute Gasteiger partial charge is 0.487 e. The number of rotatable bonds is 8. The van der Waals surface area contributed by atoms with Crippen molar-refractivity contribution < 1.29 is 14.6 Å². The minimum atomic E-state index is -0.996. The molecule has 0 amide bonds. The first-order chi connectivity index (χ1) is 16.9. The second-order valence-corrected chi connectivity index (χ2v) is 9.11. The van der Waals surface area contributed by atoms with E-state index in [4.69, 9.17) is 21.4 Å². The molecule has 1 aromatic heterocycles. The molecule has 0 saturated carbocycles. The molecule has 35 heavy (non-hydrogen) atoms. The lowest BCUT2D eigenvalue weighted by atomic mass is 10.1. The van der Waals surface area contributed by atoms with Crippen molar-refractivity contribution in [3.05, 3.63) is 103 Å². The fraction of sp³-hybridized carbons (Fsp3) is 0.154. The van der Waals surface area contributed by atoms with E-state index in [0.29, 0.717) is 45.0 Å². The number of carboxylic acids is 1. The predicted octanol–water partition coefficient (Wildman–Crippen LogP) is 5.92. The minimum absolute atomic E-state index is 0.169. The van der Waals surface area contributed by atoms with Gasteiger partial charge in [0.1, 0.15) is 18.2 Å². The topological polar surface area (TPSA) is 93.8 Å². The monoisotopic (exact) mass is 553 g/mol. The molecular formula is C26H21BrClN3O4. The number of nitrogens with zero attached hydrogens (tertiary/aromatic N) is 3. The van der Waals surface area contributed by atoms with Crippen LogP contribution in [0.5, 0.6) is 5.75 Å². The van der Waals surface area contributed by atoms with Gasteiger partial charge in [0, 0.05) is 10.9 Å². The summed E-state index contributed by atoms with van der Waals surface area (Å²) in [6, 6.07) is 17.1. The molecule has 0 spiro atoms. The summed E-state index contributed by atoms with van der Waals surface area (Å²) in [5, 5.41) is 14.4. The molecule has 0 aliphatic carbocycles. The smallest absolute Gasteiger partial charge is 0.335 e. The summed E-state index contributed by atoms with van der Waals surface area (Å²) in [7, 11) is 0. The van der Waals surface area contributed by atoms with E-state index in [1.165, 1.54) is 10.7 Å². The normalized spacial score (nSPS) is 11.3. The van der Waals surface area contributed by atoms with Gasteiger partial charge in [-0.2, -0.15) is 9.78 Å². The van der Waals surface area contributed by atoms with Gasteiger partial charge in [-0.25, -0.2) is 9.78 Å². The van der Waals surface area contributed by atoms with E-state index in [-0.39, 0.29) is 17.7 Å². The molecule has 4 rings (SSSR count). The van der Waals surface area contributed by atoms with Gasteiger partial charge in [-0.15, -0.1) is 0 Å². The van der Waals surface area contributed by atoms with Gasteiger partial charge in [0.2, 0.25) is 0 Å². The van der Waals surface area contributed by atoms with E-state index >= 15 is 0 Å². The van der Waals surface area contributed by atoms with Crippen molar-refractivity contribution in [2.24, 2.45) is 5.10 Å². The third-order valence-electron chi connectivity index (χ3n) is 5.20. The summed E-state index contributed by atoms with van der Waals surface area (Å²) < 4.78 is 7.88. The summed E-state index contributed by atoms with van der Waals surface area (Å²) in [6.45, 7) is 2.19. The van der Waals surface area contributed by atoms with Crippen LogP contribution >= 0.6 is 27.5 Å². The number of halogens is 2. The number of hydrogen-bond acceptors (Lipinski definition) is 5. The molecule has 0 aliphatic heterocycles. The lowest BCUT2D eigenvalue weighted by Crippen LogP contribution is -2.22. The van der Waals surface area contributed by atoms with Gasteiger partial charge in [-0.3, -0.25) is 4.79 Å². The van der Waals surface area contributed by atoms with Gasteiger partial charge in [0.15, 0.2) is 0 Å². The van der Waals surface area contributed by atoms with Gasteiger partial charge >= 0.3 is 5.97 Å². The average molecular weight is 555 g/mol. The van der Waals surface area contributed by atoms with Gasteiger partial charge in [-0.05, 0) is 66.1 Å². The number of aryl methyl sites for hydroxylation is 1. The quantitative estimate of drug-likeness (QED) is 0.273. The van der Waals surface area contributed by atoms with Gasteiger partial charge < -0.3 is 9.84 Å². The first kappa shape index (κ1) is 24.6. The molecule has 0 radical (unpaired) electrons. The molecule has 9 heteroatoms. The van der Waals surface area contributed by atoms with Crippen LogP contribution in [0.4, 0.5) is 0 Å². The van der Waals surface area contributed by atoms with Crippen LogP contribution in [0, 0.1) is 0 Å². The Hall–Kier alpha value is -3.49. The van der Waals surface area contributed by atoms with Crippen molar-refractivity contribution in [1.29, 1.82) is 0 Å². The number of aromatic nitrogens is 2. The first-order valence-corrected chi connectivity index (χ1v) is 12.0. The zero-order valence-electron chi connectivity index (χ0n) is 18.7. The Morgan fingerprint density at radius 1 is 1.20 bits per heavy atom. The highest BCUT2D eigenvalue weighted by Gasteiger charge is 2.11. The lowest BCUT2D eigenvalue weighted by Gasteiger charge is -2.10. The van der Waals surface area contributed by atoms with Crippen LogP contribution < -0.4 is 10.3 Å². The number of aromatic carboxylic acids is 1. The zero-order chi connectivity index (χ0) is 24.9. The highest BCUT2D eigenvalue weighted by Crippen LogP contribution is 2.26. The van der Waals surface area contributed by atoms with Crippen LogP contribution in [0.15, 0.2) is 75.0 Å². The lowest BCUT2D eigenvalue weighted by molar-refractivity contribution is 0.0696. The number of carboxylic acid groups (broad SMARTS) is 1. The highest BCUT2D eigenvalue weighted by molar-refractivity contribution is 9.10. The van der Waals surface area contributed by atoms with Crippen molar-refractivity contribution in [1.82, 2.24) is 9.66 Å². The summed E-state index contributed by atoms with van der Waals surface area (Å²) in [4.78, 5) is 28.9. The second-order valence-electron chi connectivity index (χ2n) is 7.79. The third-order valence-corrected chi connectivity index (χ3v) is 5.98. The highest BCUT2D eigenvalue weighted by atomic mass is 79.9. The summed E-state index contributed by atoms with van der Waals surface area (Å²) >= 11 is 9.80. The van der Waals surface area contributed by atoms with E-state index in [9.17, 15) is 9.59 Å². The standard InChI is InChI=1S/C26H21BrClN3O4/c1-2-4-24-30-22-9-8-19(27)13-20(22)25(32)31(24)29-14-16-7-10-23(21(28)12-16)35-15-17-5-3-6-18(11-17)26(33)34/h3,5-14H,2,4,15H2,1H3,(H,33,34). The maximum absolute atomic E-state index is 13.1. The van der Waals surface area contributed by atoms with Crippen molar-refractivity contribution in [2.45, 2.75) is 26.4 Å².